The number of aromatic nitrogens is 3. The number of nitriles is 1. The first-order valence-corrected chi connectivity index (χ1v) is 13.2. The van der Waals surface area contributed by atoms with Crippen LogP contribution in [0.2, 0.25) is 0 Å². The van der Waals surface area contributed by atoms with E-state index in [1.165, 1.54) is 30.4 Å². The molecular formula is C29H35N5O2. The number of aryl methyl sites for hydroxylation is 1. The smallest absolute Gasteiger partial charge is 0.254 e. The van der Waals surface area contributed by atoms with Crippen LogP contribution in [0.4, 0.5) is 0 Å². The SMILES string of the molecule is COCCc1nnc(-c2cc(C(=O)N3CCC(C4=CC=C(C#N)CC4)CC3)c(C)cc2C2CCC2)[nH]1. The topological polar surface area (TPSA) is 94.9 Å². The van der Waals surface area contributed by atoms with Gasteiger partial charge in [-0.3, -0.25) is 4.79 Å². The van der Waals surface area contributed by atoms with Crippen molar-refractivity contribution in [3.05, 3.63) is 57.9 Å². The Morgan fingerprint density at radius 1 is 1.14 bits per heavy atom. The third kappa shape index (κ3) is 5.01. The Bertz CT molecular complexity index is 1220. The fourth-order valence-electron chi connectivity index (χ4n) is 5.66. The van der Waals surface area contributed by atoms with Crippen molar-refractivity contribution in [1.29, 1.82) is 5.26 Å². The van der Waals surface area contributed by atoms with Gasteiger partial charge in [0.25, 0.3) is 5.91 Å². The van der Waals surface area contributed by atoms with E-state index in [9.17, 15) is 4.79 Å². The molecule has 0 unspecified atom stereocenters. The monoisotopic (exact) mass is 485 g/mol. The average molecular weight is 486 g/mol. The summed E-state index contributed by atoms with van der Waals surface area (Å²) in [5.41, 5.74) is 6.38. The van der Waals surface area contributed by atoms with Gasteiger partial charge in [-0.05, 0) is 80.6 Å². The van der Waals surface area contributed by atoms with Gasteiger partial charge in [0.1, 0.15) is 5.82 Å². The van der Waals surface area contributed by atoms with Crippen LogP contribution in [0.5, 0.6) is 0 Å². The van der Waals surface area contributed by atoms with Crippen molar-refractivity contribution < 1.29 is 9.53 Å². The number of aromatic amines is 1. The molecule has 1 amide bonds. The van der Waals surface area contributed by atoms with Gasteiger partial charge in [-0.2, -0.15) is 5.26 Å². The maximum atomic E-state index is 13.7. The molecule has 188 valence electrons. The first-order chi connectivity index (χ1) is 17.6. The van der Waals surface area contributed by atoms with E-state index in [-0.39, 0.29) is 5.91 Å². The number of carbonyl (C=O) groups is 1. The summed E-state index contributed by atoms with van der Waals surface area (Å²) in [6, 6.07) is 6.53. The lowest BCUT2D eigenvalue weighted by atomic mass is 9.77. The van der Waals surface area contributed by atoms with Crippen LogP contribution in [0.3, 0.4) is 0 Å². The molecule has 2 heterocycles. The lowest BCUT2D eigenvalue weighted by Crippen LogP contribution is -2.39. The lowest BCUT2D eigenvalue weighted by molar-refractivity contribution is 0.0700. The van der Waals surface area contributed by atoms with Crippen LogP contribution in [0.25, 0.3) is 11.4 Å². The number of rotatable bonds is 7. The van der Waals surface area contributed by atoms with Crippen molar-refractivity contribution in [2.75, 3.05) is 26.8 Å². The van der Waals surface area contributed by atoms with Crippen LogP contribution >= 0.6 is 0 Å². The molecule has 0 radical (unpaired) electrons. The number of ether oxygens (including phenoxy) is 1. The summed E-state index contributed by atoms with van der Waals surface area (Å²) >= 11 is 0. The summed E-state index contributed by atoms with van der Waals surface area (Å²) in [6.45, 7) is 4.17. The van der Waals surface area contributed by atoms with Crippen LogP contribution in [-0.4, -0.2) is 52.8 Å². The molecular weight excluding hydrogens is 450 g/mol. The van der Waals surface area contributed by atoms with Gasteiger partial charge in [0.2, 0.25) is 0 Å². The van der Waals surface area contributed by atoms with E-state index in [1.54, 1.807) is 7.11 Å². The minimum absolute atomic E-state index is 0.107. The van der Waals surface area contributed by atoms with Crippen LogP contribution in [0.15, 0.2) is 35.4 Å². The van der Waals surface area contributed by atoms with E-state index in [0.29, 0.717) is 24.9 Å². The molecule has 1 saturated heterocycles. The van der Waals surface area contributed by atoms with Crippen molar-refractivity contribution in [1.82, 2.24) is 20.1 Å². The number of H-pyrrole nitrogens is 1. The van der Waals surface area contributed by atoms with Crippen molar-refractivity contribution in [3.63, 3.8) is 0 Å². The van der Waals surface area contributed by atoms with Gasteiger partial charge in [0.15, 0.2) is 5.82 Å². The Morgan fingerprint density at radius 3 is 2.58 bits per heavy atom. The molecule has 1 aromatic heterocycles. The summed E-state index contributed by atoms with van der Waals surface area (Å²) in [4.78, 5) is 19.1. The van der Waals surface area contributed by atoms with Gasteiger partial charge in [-0.1, -0.05) is 24.1 Å². The fraction of sp³-hybridized carbons (Fsp3) is 0.517. The maximum Gasteiger partial charge on any atom is 0.254 e. The third-order valence-electron chi connectivity index (χ3n) is 8.14. The Morgan fingerprint density at radius 2 is 1.94 bits per heavy atom. The lowest BCUT2D eigenvalue weighted by Gasteiger charge is -2.34. The molecule has 0 spiro atoms. The highest BCUT2D eigenvalue weighted by Crippen LogP contribution is 2.42. The molecule has 0 atom stereocenters. The standard InChI is InChI=1S/C29H35N5O2/c1-19-16-25(23-4-3-5-23)26(28-31-27(32-33-28)12-15-36-2)17-24(19)29(35)34-13-10-22(11-14-34)21-8-6-20(18-30)7-9-21/h6,8,16-17,22-23H,3-5,7,9-15H2,1-2H3,(H,31,32,33). The predicted molar refractivity (Wildman–Crippen MR) is 138 cm³/mol. The second-order valence-corrected chi connectivity index (χ2v) is 10.4. The first kappa shape index (κ1) is 24.5. The molecule has 1 aromatic carbocycles. The van der Waals surface area contributed by atoms with E-state index in [2.05, 4.69) is 46.4 Å². The van der Waals surface area contributed by atoms with E-state index in [0.717, 1.165) is 72.7 Å². The van der Waals surface area contributed by atoms with Crippen LogP contribution in [-0.2, 0) is 11.2 Å². The minimum atomic E-state index is 0.107. The molecule has 3 aliphatic rings. The third-order valence-corrected chi connectivity index (χ3v) is 8.14. The summed E-state index contributed by atoms with van der Waals surface area (Å²) in [7, 11) is 1.68. The zero-order valence-electron chi connectivity index (χ0n) is 21.3. The molecule has 5 rings (SSSR count). The highest BCUT2D eigenvalue weighted by atomic mass is 16.5. The van der Waals surface area contributed by atoms with Gasteiger partial charge in [-0.25, -0.2) is 0 Å². The largest absolute Gasteiger partial charge is 0.384 e. The van der Waals surface area contributed by atoms with E-state index in [1.807, 2.05) is 11.0 Å². The number of piperidine rings is 1. The van der Waals surface area contributed by atoms with Crippen molar-refractivity contribution >= 4 is 5.91 Å². The number of carbonyl (C=O) groups excluding carboxylic acids is 1. The Balaban J connectivity index is 1.35. The first-order valence-electron chi connectivity index (χ1n) is 13.2. The molecule has 0 bridgehead atoms. The minimum Gasteiger partial charge on any atom is -0.384 e. The van der Waals surface area contributed by atoms with Crippen molar-refractivity contribution in [2.45, 2.75) is 64.2 Å². The van der Waals surface area contributed by atoms with Crippen molar-refractivity contribution in [2.24, 2.45) is 5.92 Å². The molecule has 2 fully saturated rings. The van der Waals surface area contributed by atoms with Crippen LogP contribution in [0.1, 0.15) is 78.2 Å². The molecule has 7 heteroatoms. The molecule has 2 aromatic rings. The number of allylic oxidation sites excluding steroid dienone is 4. The number of methoxy groups -OCH3 is 1. The number of benzene rings is 1. The van der Waals surface area contributed by atoms with E-state index in [4.69, 9.17) is 10.00 Å². The van der Waals surface area contributed by atoms with Gasteiger partial charge in [0, 0.05) is 43.3 Å². The number of amides is 1. The van der Waals surface area contributed by atoms with Crippen LogP contribution in [0, 0.1) is 24.2 Å². The molecule has 1 aliphatic heterocycles. The van der Waals surface area contributed by atoms with Gasteiger partial charge < -0.3 is 14.6 Å². The Hall–Kier alpha value is -3.24. The summed E-state index contributed by atoms with van der Waals surface area (Å²) in [6.07, 6.45) is 12.1. The van der Waals surface area contributed by atoms with Crippen LogP contribution < -0.4 is 0 Å². The zero-order chi connectivity index (χ0) is 25.1. The molecule has 36 heavy (non-hydrogen) atoms. The normalized spacial score (nSPS) is 18.9. The van der Waals surface area contributed by atoms with E-state index >= 15 is 0 Å². The molecule has 7 nitrogen and oxygen atoms in total. The predicted octanol–water partition coefficient (Wildman–Crippen LogP) is 5.26. The maximum absolute atomic E-state index is 13.7. The van der Waals surface area contributed by atoms with Gasteiger partial charge in [-0.15, -0.1) is 10.2 Å². The summed E-state index contributed by atoms with van der Waals surface area (Å²) in [5, 5.41) is 17.9. The van der Waals surface area contributed by atoms with E-state index < -0.39 is 0 Å². The fourth-order valence-corrected chi connectivity index (χ4v) is 5.66. The Kier molecular flexibility index (Phi) is 7.33. The quantitative estimate of drug-likeness (QED) is 0.577. The highest BCUT2D eigenvalue weighted by molar-refractivity contribution is 5.97. The second-order valence-electron chi connectivity index (χ2n) is 10.4. The average Bonchev–Trinajstić information content (AvgIpc) is 3.35. The summed E-state index contributed by atoms with van der Waals surface area (Å²) in [5.74, 6) is 2.67. The number of nitrogens with zero attached hydrogens (tertiary/aromatic N) is 4. The number of hydrogen-bond donors (Lipinski definition) is 1. The Labute approximate surface area is 213 Å². The zero-order valence-corrected chi connectivity index (χ0v) is 21.3. The van der Waals surface area contributed by atoms with Gasteiger partial charge in [0.05, 0.1) is 12.7 Å². The summed E-state index contributed by atoms with van der Waals surface area (Å²) < 4.78 is 5.18. The molecule has 1 N–H and O–H groups in total. The number of hydrogen-bond acceptors (Lipinski definition) is 5. The van der Waals surface area contributed by atoms with Gasteiger partial charge >= 0.3 is 0 Å². The number of likely N-dealkylation sites (tertiary alicyclic amines) is 1. The molecule has 2 aliphatic carbocycles. The highest BCUT2D eigenvalue weighted by Gasteiger charge is 2.30. The number of nitrogens with one attached hydrogen (secondary N) is 1. The second kappa shape index (κ2) is 10.8. The molecule has 1 saturated carbocycles. The van der Waals surface area contributed by atoms with Crippen molar-refractivity contribution in [3.8, 4) is 17.5 Å².